The largest absolute Gasteiger partial charge is 0.396 e. The summed E-state index contributed by atoms with van der Waals surface area (Å²) in [5.41, 5.74) is 0.331. The Hall–Kier alpha value is -0.570. The van der Waals surface area contributed by atoms with Crippen molar-refractivity contribution < 1.29 is 9.90 Å². The highest BCUT2D eigenvalue weighted by Gasteiger charge is 2.51. The number of hydrogen-bond donors (Lipinski definition) is 2. The van der Waals surface area contributed by atoms with Gasteiger partial charge in [-0.25, -0.2) is 0 Å². The molecule has 108 valence electrons. The molecule has 0 aromatic heterocycles. The molecule has 3 nitrogen and oxygen atoms in total. The molecular formula is C16H27NO2. The fourth-order valence-corrected chi connectivity index (χ4v) is 5.44. The lowest BCUT2D eigenvalue weighted by molar-refractivity contribution is -0.130. The molecule has 0 aliphatic heterocycles. The van der Waals surface area contributed by atoms with Gasteiger partial charge in [-0.15, -0.1) is 0 Å². The molecular weight excluding hydrogens is 238 g/mol. The maximum Gasteiger partial charge on any atom is 0.220 e. The summed E-state index contributed by atoms with van der Waals surface area (Å²) in [4.78, 5) is 12.2. The lowest BCUT2D eigenvalue weighted by Crippen LogP contribution is -2.48. The smallest absolute Gasteiger partial charge is 0.220 e. The van der Waals surface area contributed by atoms with Crippen molar-refractivity contribution in [3.8, 4) is 0 Å². The van der Waals surface area contributed by atoms with Gasteiger partial charge in [0.05, 0.1) is 0 Å². The Morgan fingerprint density at radius 2 is 1.74 bits per heavy atom. The van der Waals surface area contributed by atoms with Crippen LogP contribution >= 0.6 is 0 Å². The van der Waals surface area contributed by atoms with Crippen molar-refractivity contribution in [3.05, 3.63) is 0 Å². The van der Waals surface area contributed by atoms with Crippen LogP contribution in [0.4, 0.5) is 0 Å². The summed E-state index contributed by atoms with van der Waals surface area (Å²) in [7, 11) is 0. The third-order valence-corrected chi connectivity index (χ3v) is 5.67. The van der Waals surface area contributed by atoms with Crippen molar-refractivity contribution in [2.45, 2.75) is 64.3 Å². The van der Waals surface area contributed by atoms with Gasteiger partial charge in [-0.1, -0.05) is 0 Å². The minimum Gasteiger partial charge on any atom is -0.396 e. The zero-order chi connectivity index (χ0) is 13.5. The fourth-order valence-electron chi connectivity index (χ4n) is 5.44. The van der Waals surface area contributed by atoms with Crippen LogP contribution in [0.25, 0.3) is 0 Å². The monoisotopic (exact) mass is 265 g/mol. The van der Waals surface area contributed by atoms with Crippen LogP contribution in [0.1, 0.15) is 58.3 Å². The van der Waals surface area contributed by atoms with Gasteiger partial charge < -0.3 is 10.4 Å². The van der Waals surface area contributed by atoms with Crippen molar-refractivity contribution in [1.29, 1.82) is 0 Å². The first-order valence-corrected chi connectivity index (χ1v) is 7.99. The van der Waals surface area contributed by atoms with E-state index in [0.29, 0.717) is 11.8 Å². The van der Waals surface area contributed by atoms with Gasteiger partial charge in [0.25, 0.3) is 0 Å². The summed E-state index contributed by atoms with van der Waals surface area (Å²) in [6.45, 7) is 2.13. The van der Waals surface area contributed by atoms with E-state index in [1.807, 2.05) is 6.92 Å². The minimum absolute atomic E-state index is 0.103. The Morgan fingerprint density at radius 1 is 1.21 bits per heavy atom. The van der Waals surface area contributed by atoms with E-state index in [0.717, 1.165) is 24.2 Å². The van der Waals surface area contributed by atoms with Gasteiger partial charge in [0.15, 0.2) is 0 Å². The third kappa shape index (κ3) is 2.81. The Bertz CT molecular complexity index is 317. The summed E-state index contributed by atoms with van der Waals surface area (Å²) in [6.07, 6.45) is 9.56. The van der Waals surface area contributed by atoms with E-state index in [1.165, 1.54) is 38.5 Å². The summed E-state index contributed by atoms with van der Waals surface area (Å²) < 4.78 is 0. The predicted molar refractivity (Wildman–Crippen MR) is 74.5 cm³/mol. The third-order valence-electron chi connectivity index (χ3n) is 5.67. The van der Waals surface area contributed by atoms with Crippen molar-refractivity contribution in [1.82, 2.24) is 5.32 Å². The molecule has 0 heterocycles. The van der Waals surface area contributed by atoms with Crippen LogP contribution in [0.5, 0.6) is 0 Å². The van der Waals surface area contributed by atoms with Crippen molar-refractivity contribution >= 4 is 5.91 Å². The van der Waals surface area contributed by atoms with E-state index in [9.17, 15) is 4.79 Å². The normalized spacial score (nSPS) is 41.3. The van der Waals surface area contributed by atoms with Gasteiger partial charge in [0, 0.05) is 19.1 Å². The summed E-state index contributed by atoms with van der Waals surface area (Å²) in [5, 5.41) is 12.0. The first-order chi connectivity index (χ1) is 9.08. The minimum atomic E-state index is 0.103. The van der Waals surface area contributed by atoms with Crippen molar-refractivity contribution in [3.63, 3.8) is 0 Å². The number of aliphatic hydroxyl groups excluding tert-OH is 1. The molecule has 0 unspecified atom stereocenters. The molecule has 0 saturated heterocycles. The topological polar surface area (TPSA) is 49.3 Å². The SMILES string of the molecule is C[C@H](CCO)NC(=O)CC12CC3CC(CC(C3)C1)C2. The van der Waals surface area contributed by atoms with Gasteiger partial charge >= 0.3 is 0 Å². The average Bonchev–Trinajstić information content (AvgIpc) is 2.25. The van der Waals surface area contributed by atoms with E-state index >= 15 is 0 Å². The zero-order valence-corrected chi connectivity index (χ0v) is 12.0. The summed E-state index contributed by atoms with van der Waals surface area (Å²) in [6, 6.07) is 0.103. The first kappa shape index (κ1) is 13.4. The Balaban J connectivity index is 1.58. The van der Waals surface area contributed by atoms with Crippen LogP contribution in [0.3, 0.4) is 0 Å². The maximum atomic E-state index is 12.2. The second-order valence-electron chi connectivity index (χ2n) is 7.58. The zero-order valence-electron chi connectivity index (χ0n) is 12.0. The molecule has 0 radical (unpaired) electrons. The van der Waals surface area contributed by atoms with E-state index < -0.39 is 0 Å². The van der Waals surface area contributed by atoms with Crippen LogP contribution < -0.4 is 5.32 Å². The van der Waals surface area contributed by atoms with Crippen LogP contribution in [0, 0.1) is 23.2 Å². The van der Waals surface area contributed by atoms with Gasteiger partial charge in [0.2, 0.25) is 5.91 Å². The number of aliphatic hydroxyl groups is 1. The average molecular weight is 265 g/mol. The molecule has 3 heteroatoms. The second-order valence-corrected chi connectivity index (χ2v) is 7.58. The highest BCUT2D eigenvalue weighted by Crippen LogP contribution is 2.61. The van der Waals surface area contributed by atoms with Crippen LogP contribution in [-0.4, -0.2) is 23.7 Å². The van der Waals surface area contributed by atoms with Crippen LogP contribution in [-0.2, 0) is 4.79 Å². The van der Waals surface area contributed by atoms with E-state index in [1.54, 1.807) is 0 Å². The van der Waals surface area contributed by atoms with E-state index in [4.69, 9.17) is 5.11 Å². The molecule has 0 spiro atoms. The molecule has 4 fully saturated rings. The Morgan fingerprint density at radius 3 is 2.21 bits per heavy atom. The number of rotatable bonds is 5. The van der Waals surface area contributed by atoms with Gasteiger partial charge in [-0.2, -0.15) is 0 Å². The highest BCUT2D eigenvalue weighted by molar-refractivity contribution is 5.77. The number of carbonyl (C=O) groups excluding carboxylic acids is 1. The molecule has 4 aliphatic rings. The lowest BCUT2D eigenvalue weighted by Gasteiger charge is -2.56. The van der Waals surface area contributed by atoms with Crippen molar-refractivity contribution in [2.75, 3.05) is 6.61 Å². The molecule has 19 heavy (non-hydrogen) atoms. The first-order valence-electron chi connectivity index (χ1n) is 7.99. The van der Waals surface area contributed by atoms with E-state index in [-0.39, 0.29) is 18.6 Å². The highest BCUT2D eigenvalue weighted by atomic mass is 16.3. The lowest BCUT2D eigenvalue weighted by atomic mass is 9.49. The maximum absolute atomic E-state index is 12.2. The number of amides is 1. The molecule has 2 N–H and O–H groups in total. The summed E-state index contributed by atoms with van der Waals surface area (Å²) >= 11 is 0. The second kappa shape index (κ2) is 5.08. The fraction of sp³-hybridized carbons (Fsp3) is 0.938. The molecule has 4 aliphatic carbocycles. The predicted octanol–water partition coefficient (Wildman–Crippen LogP) is 2.48. The van der Waals surface area contributed by atoms with Gasteiger partial charge in [0.1, 0.15) is 0 Å². The molecule has 0 aromatic rings. The molecule has 0 aromatic carbocycles. The standard InChI is InChI=1S/C16H27NO2/c1-11(2-3-18)17-15(19)10-16-7-12-4-13(8-16)6-14(5-12)9-16/h11-14,18H,2-10H2,1H3,(H,17,19)/t11-,12?,13?,14?,16?/m1/s1. The summed E-state index contributed by atoms with van der Waals surface area (Å²) in [5.74, 6) is 2.94. The molecule has 4 saturated carbocycles. The van der Waals surface area contributed by atoms with E-state index in [2.05, 4.69) is 5.32 Å². The van der Waals surface area contributed by atoms with Gasteiger partial charge in [-0.05, 0) is 75.0 Å². The van der Waals surface area contributed by atoms with Gasteiger partial charge in [-0.3, -0.25) is 4.79 Å². The number of nitrogens with one attached hydrogen (secondary N) is 1. The molecule has 1 atom stereocenters. The van der Waals surface area contributed by atoms with Crippen LogP contribution in [0.15, 0.2) is 0 Å². The Labute approximate surface area is 116 Å². The molecule has 4 rings (SSSR count). The number of hydrogen-bond acceptors (Lipinski definition) is 2. The Kier molecular flexibility index (Phi) is 3.59. The number of carbonyl (C=O) groups is 1. The molecule has 4 bridgehead atoms. The van der Waals surface area contributed by atoms with Crippen molar-refractivity contribution in [2.24, 2.45) is 23.2 Å². The van der Waals surface area contributed by atoms with Crippen LogP contribution in [0.2, 0.25) is 0 Å². The molecule has 1 amide bonds. The quantitative estimate of drug-likeness (QED) is 0.802.